The number of aryl methyl sites for hydroxylation is 1. The highest BCUT2D eigenvalue weighted by Crippen LogP contribution is 2.69. The van der Waals surface area contributed by atoms with Crippen LogP contribution in [0.15, 0.2) is 24.3 Å². The number of ketones is 1. The highest BCUT2D eigenvalue weighted by Gasteiger charge is 2.72. The highest BCUT2D eigenvalue weighted by molar-refractivity contribution is 8.01. The third-order valence-electron chi connectivity index (χ3n) is 7.86. The van der Waals surface area contributed by atoms with Gasteiger partial charge in [0.15, 0.2) is 11.5 Å². The maximum atomic E-state index is 14.1. The molecule has 230 valence electrons. The summed E-state index contributed by atoms with van der Waals surface area (Å²) in [5.41, 5.74) is 10.3. The van der Waals surface area contributed by atoms with Gasteiger partial charge in [0.1, 0.15) is 5.92 Å². The minimum absolute atomic E-state index is 0.0158. The van der Waals surface area contributed by atoms with Gasteiger partial charge in [-0.15, -0.1) is 11.8 Å². The second-order valence-corrected chi connectivity index (χ2v) is 16.3. The number of carbonyl (C=O) groups is 3. The van der Waals surface area contributed by atoms with E-state index in [1.807, 2.05) is 0 Å². The number of amides is 1. The maximum Gasteiger partial charge on any atom is 0.369 e. The van der Waals surface area contributed by atoms with E-state index in [1.165, 1.54) is 12.1 Å². The number of hydrogen-bond acceptors (Lipinski definition) is 10. The number of nitrogen functional groups attached to an aromatic ring is 1. The average molecular weight is 648 g/mol. The summed E-state index contributed by atoms with van der Waals surface area (Å²) in [6.07, 6.45) is -1.66. The first-order valence-corrected chi connectivity index (χ1v) is 16.6. The molecular formula is C24H31N3O12P2S. The molecule has 0 spiro atoms. The topological polar surface area (TPSA) is 271 Å². The lowest BCUT2D eigenvalue weighted by atomic mass is 9.81. The maximum absolute atomic E-state index is 14.1. The molecular weight excluding hydrogens is 616 g/mol. The normalized spacial score (nSPS) is 23.9. The quantitative estimate of drug-likeness (QED) is 0.0587. The molecule has 0 aliphatic carbocycles. The van der Waals surface area contributed by atoms with Crippen LogP contribution in [0.25, 0.3) is 10.8 Å². The molecule has 2 aliphatic rings. The van der Waals surface area contributed by atoms with Crippen LogP contribution < -0.4 is 16.2 Å². The number of hydrogen-bond donors (Lipinski definition) is 8. The zero-order valence-electron chi connectivity index (χ0n) is 22.6. The average Bonchev–Trinajstić information content (AvgIpc) is 3.05. The number of thioether (sulfide) groups is 1. The smallest absolute Gasteiger partial charge is 0.369 e. The van der Waals surface area contributed by atoms with Crippen LogP contribution in [0.2, 0.25) is 0 Å². The molecule has 2 aromatic carbocycles. The Labute approximate surface area is 243 Å². The second kappa shape index (κ2) is 10.3. The molecule has 2 saturated heterocycles. The highest BCUT2D eigenvalue weighted by atomic mass is 32.2. The Hall–Kier alpha value is -2.52. The van der Waals surface area contributed by atoms with Gasteiger partial charge in [-0.1, -0.05) is 24.3 Å². The van der Waals surface area contributed by atoms with Crippen molar-refractivity contribution in [2.45, 2.75) is 54.5 Å². The fourth-order valence-electron chi connectivity index (χ4n) is 5.46. The van der Waals surface area contributed by atoms with E-state index in [0.717, 1.165) is 16.7 Å². The van der Waals surface area contributed by atoms with Gasteiger partial charge in [-0.3, -0.25) is 29.4 Å². The second-order valence-electron chi connectivity index (χ2n) is 10.6. The van der Waals surface area contributed by atoms with Gasteiger partial charge >= 0.3 is 21.2 Å². The number of fused-ring (bicyclic) bond motifs is 2. The van der Waals surface area contributed by atoms with E-state index in [0.29, 0.717) is 0 Å². The van der Waals surface area contributed by atoms with Crippen molar-refractivity contribution in [3.8, 4) is 5.75 Å². The molecule has 0 radical (unpaired) electrons. The molecule has 2 fully saturated rings. The van der Waals surface area contributed by atoms with Crippen LogP contribution in [0, 0.1) is 5.92 Å². The van der Waals surface area contributed by atoms with E-state index in [2.05, 4.69) is 0 Å². The van der Waals surface area contributed by atoms with E-state index >= 15 is 0 Å². The first-order chi connectivity index (χ1) is 19.2. The number of Topliss-reactive ketones (excluding diaryl/α,β-unsaturated/α-hetero) is 1. The van der Waals surface area contributed by atoms with E-state index in [4.69, 9.17) is 16.2 Å². The van der Waals surface area contributed by atoms with Crippen molar-refractivity contribution in [1.29, 1.82) is 0 Å². The summed E-state index contributed by atoms with van der Waals surface area (Å²) >= 11 is 1.07. The number of nitrogens with zero attached hydrogens (tertiary/aromatic N) is 1. The lowest BCUT2D eigenvalue weighted by Gasteiger charge is -2.47. The molecule has 0 saturated carbocycles. The predicted octanol–water partition coefficient (Wildman–Crippen LogP) is 0.987. The standard InChI is InChI=1S/C24H31N3O12P2S/c1-4-39-18-14(17(28)15-19(29)27-20(15)42-22(2,3)24(27,26)21(30)31)12-8-6-5-7-11(12)13(16(18)25)9-10-23(32,40(33,34)35)41(36,37)38/h5-8,15,20,32H,4,9-10,25-26H2,1-3H3,(H,30,31)(H2,33,34,35)(H2,36,37,38). The van der Waals surface area contributed by atoms with Crippen LogP contribution in [-0.4, -0.2) is 79.8 Å². The van der Waals surface area contributed by atoms with Crippen molar-refractivity contribution in [2.24, 2.45) is 11.7 Å². The number of aliphatic carboxylic acids is 1. The zero-order chi connectivity index (χ0) is 31.8. The van der Waals surface area contributed by atoms with E-state index in [1.54, 1.807) is 32.9 Å². The fraction of sp³-hybridized carbons (Fsp3) is 0.458. The summed E-state index contributed by atoms with van der Waals surface area (Å²) in [7, 11) is -11.5. The van der Waals surface area contributed by atoms with E-state index < -0.39 is 72.5 Å². The SMILES string of the molecule is CCOc1c(N)c(CCC(O)(P(=O)(O)O)P(=O)(O)O)c2ccccc2c1C(=O)C1C(=O)N2C1SC(C)(C)C2(N)C(=O)O. The molecule has 2 aromatic rings. The van der Waals surface area contributed by atoms with Gasteiger partial charge in [0, 0.05) is 6.42 Å². The number of carbonyl (C=O) groups excluding carboxylic acids is 2. The lowest BCUT2D eigenvalue weighted by Crippen LogP contribution is -2.75. The Bertz CT molecular complexity index is 1580. The summed E-state index contributed by atoms with van der Waals surface area (Å²) < 4.78 is 28.4. The number of aliphatic hydroxyl groups is 1. The van der Waals surface area contributed by atoms with Crippen molar-refractivity contribution in [2.75, 3.05) is 12.3 Å². The molecule has 10 N–H and O–H groups in total. The van der Waals surface area contributed by atoms with Crippen molar-refractivity contribution in [1.82, 2.24) is 4.90 Å². The van der Waals surface area contributed by atoms with Crippen LogP contribution in [0.4, 0.5) is 5.69 Å². The molecule has 4 rings (SSSR count). The number of anilines is 1. The van der Waals surface area contributed by atoms with Gasteiger partial charge < -0.3 is 40.3 Å². The Kier molecular flexibility index (Phi) is 7.94. The first-order valence-electron chi connectivity index (χ1n) is 12.5. The van der Waals surface area contributed by atoms with Crippen LogP contribution in [-0.2, 0) is 25.1 Å². The predicted molar refractivity (Wildman–Crippen MR) is 152 cm³/mol. The Morgan fingerprint density at radius 3 is 2.17 bits per heavy atom. The number of benzene rings is 2. The monoisotopic (exact) mass is 647 g/mol. The largest absolute Gasteiger partial charge is 0.491 e. The van der Waals surface area contributed by atoms with Crippen LogP contribution >= 0.6 is 27.0 Å². The van der Waals surface area contributed by atoms with E-state index in [-0.39, 0.29) is 39.9 Å². The summed E-state index contributed by atoms with van der Waals surface area (Å²) in [6, 6.07) is 6.12. The Balaban J connectivity index is 1.85. The van der Waals surface area contributed by atoms with Crippen molar-refractivity contribution in [3.05, 3.63) is 35.4 Å². The van der Waals surface area contributed by atoms with E-state index in [9.17, 15) is 53.3 Å². The Morgan fingerprint density at radius 2 is 1.67 bits per heavy atom. The molecule has 15 nitrogen and oxygen atoms in total. The molecule has 2 aliphatic heterocycles. The van der Waals surface area contributed by atoms with Crippen molar-refractivity contribution >= 4 is 61.1 Å². The number of ether oxygens (including phenoxy) is 1. The molecule has 0 aromatic heterocycles. The van der Waals surface area contributed by atoms with Crippen LogP contribution in [0.3, 0.4) is 0 Å². The number of nitrogens with two attached hydrogens (primary N) is 2. The minimum atomic E-state index is -5.76. The van der Waals surface area contributed by atoms with Gasteiger partial charge in [-0.25, -0.2) is 4.79 Å². The first kappa shape index (κ1) is 32.4. The van der Waals surface area contributed by atoms with Gasteiger partial charge in [0.05, 0.1) is 28.0 Å². The van der Waals surface area contributed by atoms with Crippen LogP contribution in [0.5, 0.6) is 5.75 Å². The number of β-lactam (4-membered cyclic amide) rings is 1. The number of rotatable bonds is 10. The summed E-state index contributed by atoms with van der Waals surface area (Å²) in [4.78, 5) is 78.8. The van der Waals surface area contributed by atoms with Gasteiger partial charge in [0.25, 0.3) is 5.08 Å². The molecule has 0 bridgehead atoms. The zero-order valence-corrected chi connectivity index (χ0v) is 25.2. The summed E-state index contributed by atoms with van der Waals surface area (Å²) in [5, 5.41) is 16.1. The number of carboxylic acid groups (broad SMARTS) is 1. The molecule has 2 heterocycles. The van der Waals surface area contributed by atoms with Crippen LogP contribution in [0.1, 0.15) is 43.1 Å². The van der Waals surface area contributed by atoms with Gasteiger partial charge in [-0.2, -0.15) is 0 Å². The molecule has 3 atom stereocenters. The van der Waals surface area contributed by atoms with Gasteiger partial charge in [-0.05, 0) is 43.5 Å². The summed E-state index contributed by atoms with van der Waals surface area (Å²) in [5.74, 6) is -4.46. The fourth-order valence-corrected chi connectivity index (χ4v) is 9.35. The molecule has 1 amide bonds. The number of carboxylic acids is 1. The molecule has 3 unspecified atom stereocenters. The summed E-state index contributed by atoms with van der Waals surface area (Å²) in [6.45, 7) is 4.69. The minimum Gasteiger partial charge on any atom is -0.491 e. The van der Waals surface area contributed by atoms with Crippen molar-refractivity contribution in [3.63, 3.8) is 0 Å². The lowest BCUT2D eigenvalue weighted by molar-refractivity contribution is -0.171. The molecule has 18 heteroatoms. The molecule has 42 heavy (non-hydrogen) atoms. The van der Waals surface area contributed by atoms with Gasteiger partial charge in [0.2, 0.25) is 11.6 Å². The van der Waals surface area contributed by atoms with Crippen molar-refractivity contribution < 1.29 is 58.0 Å². The Morgan fingerprint density at radius 1 is 1.12 bits per heavy atom. The third kappa shape index (κ3) is 4.48. The third-order valence-corrected chi connectivity index (χ3v) is 13.4.